The molecule has 4 heteroatoms. The second-order valence-electron chi connectivity index (χ2n) is 2.90. The van der Waals surface area contributed by atoms with E-state index in [2.05, 4.69) is 16.5 Å². The molecule has 0 amide bonds. The van der Waals surface area contributed by atoms with Crippen LogP contribution in [-0.4, -0.2) is 19.2 Å². The Labute approximate surface area is 73.0 Å². The fourth-order valence-corrected chi connectivity index (χ4v) is 0.871. The van der Waals surface area contributed by atoms with E-state index >= 15 is 0 Å². The third-order valence-corrected chi connectivity index (χ3v) is 1.94. The van der Waals surface area contributed by atoms with Crippen LogP contribution in [0.25, 0.3) is 0 Å². The van der Waals surface area contributed by atoms with E-state index in [0.29, 0.717) is 12.3 Å². The monoisotopic (exact) mass is 175 g/mol. The van der Waals surface area contributed by atoms with Gasteiger partial charge in [0, 0.05) is 0 Å². The Bertz CT molecular complexity index is 138. The highest BCUT2D eigenvalue weighted by Crippen LogP contribution is 2.12. The Hall–Kier alpha value is -0.610. The van der Waals surface area contributed by atoms with E-state index in [1.165, 1.54) is 7.11 Å². The molecule has 0 rings (SSSR count). The van der Waals surface area contributed by atoms with Crippen molar-refractivity contribution in [1.29, 1.82) is 0 Å². The lowest BCUT2D eigenvalue weighted by Gasteiger charge is -2.15. The standard InChI is InChI=1S/C8H17NO3/c1-4-6(2)5-7(12-9)8(10)11-3/h6-7H,4-5,9H2,1-3H3/t6-,7+/m0/s1. The molecule has 0 saturated heterocycles. The number of ether oxygens (including phenoxy) is 1. The van der Waals surface area contributed by atoms with Crippen LogP contribution in [0.15, 0.2) is 0 Å². The maximum absolute atomic E-state index is 11.0. The van der Waals surface area contributed by atoms with Gasteiger partial charge < -0.3 is 4.74 Å². The van der Waals surface area contributed by atoms with Crippen LogP contribution in [0.3, 0.4) is 0 Å². The SMILES string of the molecule is CC[C@H](C)C[C@@H](ON)C(=O)OC. The lowest BCUT2D eigenvalue weighted by Crippen LogP contribution is -2.30. The van der Waals surface area contributed by atoms with Crippen LogP contribution in [0.2, 0.25) is 0 Å². The van der Waals surface area contributed by atoms with Crippen LogP contribution in [0.1, 0.15) is 26.7 Å². The summed E-state index contributed by atoms with van der Waals surface area (Å²) in [5.74, 6) is 4.96. The largest absolute Gasteiger partial charge is 0.467 e. The van der Waals surface area contributed by atoms with E-state index in [-0.39, 0.29) is 0 Å². The van der Waals surface area contributed by atoms with Crippen molar-refractivity contribution in [1.82, 2.24) is 0 Å². The molecule has 0 radical (unpaired) electrons. The molecule has 0 aromatic heterocycles. The minimum Gasteiger partial charge on any atom is -0.467 e. The summed E-state index contributed by atoms with van der Waals surface area (Å²) in [6.07, 6.45) is 0.987. The first-order valence-corrected chi connectivity index (χ1v) is 4.09. The first-order valence-electron chi connectivity index (χ1n) is 4.09. The Kier molecular flexibility index (Phi) is 5.66. The van der Waals surface area contributed by atoms with Gasteiger partial charge in [0.25, 0.3) is 0 Å². The quantitative estimate of drug-likeness (QED) is 0.497. The molecule has 4 nitrogen and oxygen atoms in total. The summed E-state index contributed by atoms with van der Waals surface area (Å²) < 4.78 is 4.50. The highest BCUT2D eigenvalue weighted by molar-refractivity contribution is 5.74. The fourth-order valence-electron chi connectivity index (χ4n) is 0.871. The van der Waals surface area contributed by atoms with Gasteiger partial charge in [-0.2, -0.15) is 0 Å². The number of esters is 1. The van der Waals surface area contributed by atoms with Crippen LogP contribution >= 0.6 is 0 Å². The zero-order valence-electron chi connectivity index (χ0n) is 7.87. The zero-order valence-corrected chi connectivity index (χ0v) is 7.87. The second-order valence-corrected chi connectivity index (χ2v) is 2.90. The number of nitrogens with two attached hydrogens (primary N) is 1. The normalized spacial score (nSPS) is 15.3. The average Bonchev–Trinajstić information content (AvgIpc) is 2.12. The van der Waals surface area contributed by atoms with Gasteiger partial charge in [-0.1, -0.05) is 20.3 Å². The zero-order chi connectivity index (χ0) is 9.56. The lowest BCUT2D eigenvalue weighted by molar-refractivity contribution is -0.155. The summed E-state index contributed by atoms with van der Waals surface area (Å²) in [7, 11) is 1.32. The third-order valence-electron chi connectivity index (χ3n) is 1.94. The molecule has 0 fully saturated rings. The van der Waals surface area contributed by atoms with Crippen molar-refractivity contribution >= 4 is 5.97 Å². The van der Waals surface area contributed by atoms with Crippen molar-refractivity contribution in [3.63, 3.8) is 0 Å². The Morgan fingerprint density at radius 1 is 1.58 bits per heavy atom. The molecule has 0 aromatic carbocycles. The first-order chi connectivity index (χ1) is 5.65. The van der Waals surface area contributed by atoms with Crippen LogP contribution < -0.4 is 5.90 Å². The van der Waals surface area contributed by atoms with Gasteiger partial charge in [-0.25, -0.2) is 10.7 Å². The summed E-state index contributed by atoms with van der Waals surface area (Å²) in [5, 5.41) is 0. The summed E-state index contributed by atoms with van der Waals surface area (Å²) in [6.45, 7) is 4.09. The van der Waals surface area contributed by atoms with Crippen LogP contribution in [0.5, 0.6) is 0 Å². The maximum Gasteiger partial charge on any atom is 0.337 e. The van der Waals surface area contributed by atoms with Crippen LogP contribution in [0, 0.1) is 5.92 Å². The van der Waals surface area contributed by atoms with E-state index in [1.807, 2.05) is 6.92 Å². The van der Waals surface area contributed by atoms with Crippen molar-refractivity contribution in [2.75, 3.05) is 7.11 Å². The smallest absolute Gasteiger partial charge is 0.337 e. The molecule has 12 heavy (non-hydrogen) atoms. The van der Waals surface area contributed by atoms with Crippen molar-refractivity contribution in [2.24, 2.45) is 11.8 Å². The summed E-state index contributed by atoms with van der Waals surface area (Å²) in [5.41, 5.74) is 0. The van der Waals surface area contributed by atoms with Gasteiger partial charge in [-0.05, 0) is 12.3 Å². The summed E-state index contributed by atoms with van der Waals surface area (Å²) in [4.78, 5) is 15.5. The number of rotatable bonds is 5. The molecule has 0 spiro atoms. The number of hydrogen-bond acceptors (Lipinski definition) is 4. The molecule has 0 aliphatic carbocycles. The molecule has 0 saturated carbocycles. The van der Waals surface area contributed by atoms with Gasteiger partial charge in [-0.3, -0.25) is 4.84 Å². The van der Waals surface area contributed by atoms with Gasteiger partial charge in [0.05, 0.1) is 7.11 Å². The van der Waals surface area contributed by atoms with Gasteiger partial charge in [0.2, 0.25) is 0 Å². The molecule has 0 aromatic rings. The number of hydrogen-bond donors (Lipinski definition) is 1. The Morgan fingerprint density at radius 2 is 2.17 bits per heavy atom. The molecule has 0 bridgehead atoms. The van der Waals surface area contributed by atoms with Gasteiger partial charge in [0.15, 0.2) is 6.10 Å². The number of methoxy groups -OCH3 is 1. The minimum absolute atomic E-state index is 0.405. The molecule has 72 valence electrons. The van der Waals surface area contributed by atoms with Crippen LogP contribution in [-0.2, 0) is 14.4 Å². The second kappa shape index (κ2) is 5.97. The Morgan fingerprint density at radius 3 is 2.50 bits per heavy atom. The van der Waals surface area contributed by atoms with E-state index in [9.17, 15) is 4.79 Å². The molecule has 0 aliphatic rings. The van der Waals surface area contributed by atoms with Crippen molar-refractivity contribution in [3.05, 3.63) is 0 Å². The molecular formula is C8H17NO3. The van der Waals surface area contributed by atoms with Crippen molar-refractivity contribution in [2.45, 2.75) is 32.8 Å². The average molecular weight is 175 g/mol. The maximum atomic E-state index is 11.0. The van der Waals surface area contributed by atoms with Gasteiger partial charge in [-0.15, -0.1) is 0 Å². The molecule has 0 unspecified atom stereocenters. The van der Waals surface area contributed by atoms with E-state index in [0.717, 1.165) is 6.42 Å². The summed E-state index contributed by atoms with van der Waals surface area (Å²) >= 11 is 0. The molecular weight excluding hydrogens is 158 g/mol. The molecule has 0 aliphatic heterocycles. The first kappa shape index (κ1) is 11.4. The third kappa shape index (κ3) is 3.69. The van der Waals surface area contributed by atoms with E-state index in [1.54, 1.807) is 0 Å². The lowest BCUT2D eigenvalue weighted by atomic mass is 10.0. The van der Waals surface area contributed by atoms with E-state index < -0.39 is 12.1 Å². The topological polar surface area (TPSA) is 61.5 Å². The minimum atomic E-state index is -0.620. The van der Waals surface area contributed by atoms with Crippen LogP contribution in [0.4, 0.5) is 0 Å². The summed E-state index contributed by atoms with van der Waals surface area (Å²) in [6, 6.07) is 0. The van der Waals surface area contributed by atoms with E-state index in [4.69, 9.17) is 5.90 Å². The Balaban J connectivity index is 3.90. The molecule has 2 atom stereocenters. The predicted molar refractivity (Wildman–Crippen MR) is 45.1 cm³/mol. The number of carbonyl (C=O) groups excluding carboxylic acids is 1. The van der Waals surface area contributed by atoms with Crippen molar-refractivity contribution < 1.29 is 14.4 Å². The number of carbonyl (C=O) groups is 1. The molecule has 2 N–H and O–H groups in total. The fraction of sp³-hybridized carbons (Fsp3) is 0.875. The predicted octanol–water partition coefficient (Wildman–Crippen LogP) is 0.854. The highest BCUT2D eigenvalue weighted by Gasteiger charge is 2.20. The van der Waals surface area contributed by atoms with Gasteiger partial charge >= 0.3 is 5.97 Å². The van der Waals surface area contributed by atoms with Crippen molar-refractivity contribution in [3.8, 4) is 0 Å². The molecule has 0 heterocycles. The van der Waals surface area contributed by atoms with Gasteiger partial charge in [0.1, 0.15) is 0 Å². The highest BCUT2D eigenvalue weighted by atomic mass is 16.6.